The molecule has 2 heterocycles. The fourth-order valence-corrected chi connectivity index (χ4v) is 3.88. The lowest BCUT2D eigenvalue weighted by Crippen LogP contribution is -2.41. The lowest BCUT2D eigenvalue weighted by atomic mass is 10.1. The SMILES string of the molecule is O=C(c1ccco1)N1CCN(C2Cc3ccccc3C2)C[C@@H](O)C1. The average Bonchev–Trinajstić information content (AvgIpc) is 3.22. The summed E-state index contributed by atoms with van der Waals surface area (Å²) in [5.74, 6) is 0.194. The van der Waals surface area contributed by atoms with Gasteiger partial charge in [-0.2, -0.15) is 0 Å². The maximum absolute atomic E-state index is 12.5. The Hall–Kier alpha value is -2.11. The summed E-state index contributed by atoms with van der Waals surface area (Å²) >= 11 is 0. The Balaban J connectivity index is 1.44. The molecule has 1 N–H and O–H groups in total. The summed E-state index contributed by atoms with van der Waals surface area (Å²) in [5, 5.41) is 10.4. The minimum absolute atomic E-state index is 0.143. The molecule has 0 radical (unpaired) electrons. The summed E-state index contributed by atoms with van der Waals surface area (Å²) in [5.41, 5.74) is 2.81. The van der Waals surface area contributed by atoms with Crippen molar-refractivity contribution in [2.45, 2.75) is 25.0 Å². The highest BCUT2D eigenvalue weighted by atomic mass is 16.3. The second-order valence-electron chi connectivity index (χ2n) is 6.71. The fourth-order valence-electron chi connectivity index (χ4n) is 3.88. The van der Waals surface area contributed by atoms with Gasteiger partial charge in [0.25, 0.3) is 5.91 Å². The smallest absolute Gasteiger partial charge is 0.289 e. The van der Waals surface area contributed by atoms with Gasteiger partial charge in [-0.3, -0.25) is 9.69 Å². The van der Waals surface area contributed by atoms with Crippen LogP contribution in [0, 0.1) is 0 Å². The molecule has 0 unspecified atom stereocenters. The third-order valence-electron chi connectivity index (χ3n) is 5.10. The fraction of sp³-hybridized carbons (Fsp3) is 0.421. The zero-order chi connectivity index (χ0) is 16.5. The molecule has 1 saturated heterocycles. The van der Waals surface area contributed by atoms with E-state index in [0.717, 1.165) is 19.4 Å². The van der Waals surface area contributed by atoms with Gasteiger partial charge in [-0.25, -0.2) is 0 Å². The van der Waals surface area contributed by atoms with Crippen LogP contribution in [0.4, 0.5) is 0 Å². The molecule has 1 atom stereocenters. The van der Waals surface area contributed by atoms with Gasteiger partial charge in [0.05, 0.1) is 12.4 Å². The maximum Gasteiger partial charge on any atom is 0.289 e. The van der Waals surface area contributed by atoms with Gasteiger partial charge in [0.1, 0.15) is 0 Å². The van der Waals surface area contributed by atoms with Crippen LogP contribution in [-0.2, 0) is 12.8 Å². The molecule has 24 heavy (non-hydrogen) atoms. The molecule has 1 aromatic carbocycles. The molecule has 2 aliphatic rings. The van der Waals surface area contributed by atoms with E-state index < -0.39 is 6.10 Å². The van der Waals surface area contributed by atoms with Crippen molar-refractivity contribution in [1.29, 1.82) is 0 Å². The van der Waals surface area contributed by atoms with E-state index in [0.29, 0.717) is 31.4 Å². The van der Waals surface area contributed by atoms with Crippen LogP contribution in [0.1, 0.15) is 21.7 Å². The highest BCUT2D eigenvalue weighted by Crippen LogP contribution is 2.26. The number of rotatable bonds is 2. The second-order valence-corrected chi connectivity index (χ2v) is 6.71. The van der Waals surface area contributed by atoms with E-state index in [1.807, 2.05) is 0 Å². The van der Waals surface area contributed by atoms with Crippen molar-refractivity contribution in [2.75, 3.05) is 26.2 Å². The lowest BCUT2D eigenvalue weighted by Gasteiger charge is -2.28. The van der Waals surface area contributed by atoms with Crippen molar-refractivity contribution in [1.82, 2.24) is 9.80 Å². The predicted octanol–water partition coefficient (Wildman–Crippen LogP) is 1.57. The monoisotopic (exact) mass is 326 g/mol. The first kappa shape index (κ1) is 15.4. The Morgan fingerprint density at radius 3 is 2.46 bits per heavy atom. The standard InChI is InChI=1S/C19H22N2O3/c22-17-12-20(16-10-14-4-1-2-5-15(14)11-16)7-8-21(13-17)19(23)18-6-3-9-24-18/h1-6,9,16-17,22H,7-8,10-13H2/t17-/m1/s1. The normalized spacial score (nSPS) is 22.4. The Labute approximate surface area is 141 Å². The number of hydrogen-bond donors (Lipinski definition) is 1. The van der Waals surface area contributed by atoms with Gasteiger partial charge in [0, 0.05) is 32.2 Å². The number of amides is 1. The van der Waals surface area contributed by atoms with E-state index in [9.17, 15) is 9.90 Å². The first-order valence-electron chi connectivity index (χ1n) is 8.52. The molecule has 4 rings (SSSR count). The number of hydrogen-bond acceptors (Lipinski definition) is 4. The Bertz CT molecular complexity index is 688. The van der Waals surface area contributed by atoms with Gasteiger partial charge >= 0.3 is 0 Å². The van der Waals surface area contributed by atoms with Crippen LogP contribution in [0.15, 0.2) is 47.1 Å². The molecular formula is C19H22N2O3. The van der Waals surface area contributed by atoms with Gasteiger partial charge in [-0.15, -0.1) is 0 Å². The molecule has 126 valence electrons. The predicted molar refractivity (Wildman–Crippen MR) is 89.8 cm³/mol. The second kappa shape index (κ2) is 6.42. The molecule has 1 fully saturated rings. The van der Waals surface area contributed by atoms with Crippen molar-refractivity contribution in [3.8, 4) is 0 Å². The molecule has 2 aromatic rings. The third-order valence-corrected chi connectivity index (χ3v) is 5.10. The Morgan fingerprint density at radius 2 is 1.79 bits per heavy atom. The third kappa shape index (κ3) is 2.97. The highest BCUT2D eigenvalue weighted by Gasteiger charge is 2.32. The van der Waals surface area contributed by atoms with E-state index >= 15 is 0 Å². The van der Waals surface area contributed by atoms with Crippen LogP contribution >= 0.6 is 0 Å². The molecule has 1 aliphatic carbocycles. The van der Waals surface area contributed by atoms with E-state index in [2.05, 4.69) is 29.2 Å². The topological polar surface area (TPSA) is 56.9 Å². The minimum Gasteiger partial charge on any atom is -0.459 e. The molecule has 1 aliphatic heterocycles. The van der Waals surface area contributed by atoms with Crippen molar-refractivity contribution in [3.63, 3.8) is 0 Å². The van der Waals surface area contributed by atoms with E-state index in [4.69, 9.17) is 4.42 Å². The van der Waals surface area contributed by atoms with Crippen LogP contribution in [0.25, 0.3) is 0 Å². The van der Waals surface area contributed by atoms with Crippen LogP contribution in [-0.4, -0.2) is 59.1 Å². The maximum atomic E-state index is 12.5. The van der Waals surface area contributed by atoms with Crippen LogP contribution in [0.2, 0.25) is 0 Å². The first-order chi connectivity index (χ1) is 11.7. The first-order valence-corrected chi connectivity index (χ1v) is 8.52. The summed E-state index contributed by atoms with van der Waals surface area (Å²) in [6.45, 7) is 2.36. The Kier molecular flexibility index (Phi) is 4.12. The molecule has 1 aromatic heterocycles. The van der Waals surface area contributed by atoms with E-state index in [-0.39, 0.29) is 5.91 Å². The molecule has 0 spiro atoms. The summed E-state index contributed by atoms with van der Waals surface area (Å²) in [7, 11) is 0. The molecule has 0 saturated carbocycles. The minimum atomic E-state index is -0.532. The molecule has 5 heteroatoms. The van der Waals surface area contributed by atoms with Gasteiger partial charge in [0.15, 0.2) is 5.76 Å². The Morgan fingerprint density at radius 1 is 1.04 bits per heavy atom. The number of aliphatic hydroxyl groups excluding tert-OH is 1. The van der Waals surface area contributed by atoms with Gasteiger partial charge in [-0.1, -0.05) is 24.3 Å². The molecular weight excluding hydrogens is 304 g/mol. The average molecular weight is 326 g/mol. The quantitative estimate of drug-likeness (QED) is 0.910. The van der Waals surface area contributed by atoms with Gasteiger partial charge in [-0.05, 0) is 36.1 Å². The summed E-state index contributed by atoms with van der Waals surface area (Å²) in [6.07, 6.45) is 3.02. The number of carbonyl (C=O) groups is 1. The highest BCUT2D eigenvalue weighted by molar-refractivity contribution is 5.91. The largest absolute Gasteiger partial charge is 0.459 e. The van der Waals surface area contributed by atoms with E-state index in [1.54, 1.807) is 17.0 Å². The number of nitrogens with zero attached hydrogens (tertiary/aromatic N) is 2. The summed E-state index contributed by atoms with van der Waals surface area (Å²) in [4.78, 5) is 16.5. The zero-order valence-corrected chi connectivity index (χ0v) is 13.6. The number of benzene rings is 1. The number of β-amino-alcohol motifs (C(OH)–C–C–N with tert-alkyl or cyclic N) is 1. The number of carbonyl (C=O) groups excluding carboxylic acids is 1. The number of aliphatic hydroxyl groups is 1. The lowest BCUT2D eigenvalue weighted by molar-refractivity contribution is 0.0628. The van der Waals surface area contributed by atoms with Crippen molar-refractivity contribution in [3.05, 3.63) is 59.5 Å². The molecule has 5 nitrogen and oxygen atoms in total. The van der Waals surface area contributed by atoms with Gasteiger partial charge < -0.3 is 14.4 Å². The number of furan rings is 1. The van der Waals surface area contributed by atoms with Crippen LogP contribution in [0.5, 0.6) is 0 Å². The number of fused-ring (bicyclic) bond motifs is 1. The molecule has 0 bridgehead atoms. The van der Waals surface area contributed by atoms with Gasteiger partial charge in [0.2, 0.25) is 0 Å². The molecule has 1 amide bonds. The zero-order valence-electron chi connectivity index (χ0n) is 13.6. The van der Waals surface area contributed by atoms with E-state index in [1.165, 1.54) is 17.4 Å². The van der Waals surface area contributed by atoms with Crippen LogP contribution < -0.4 is 0 Å². The summed E-state index contributed by atoms with van der Waals surface area (Å²) in [6, 6.07) is 12.3. The summed E-state index contributed by atoms with van der Waals surface area (Å²) < 4.78 is 5.21. The van der Waals surface area contributed by atoms with Crippen molar-refractivity contribution in [2.24, 2.45) is 0 Å². The van der Waals surface area contributed by atoms with Crippen molar-refractivity contribution >= 4 is 5.91 Å². The van der Waals surface area contributed by atoms with Crippen molar-refractivity contribution < 1.29 is 14.3 Å². The van der Waals surface area contributed by atoms with Crippen LogP contribution in [0.3, 0.4) is 0 Å².